The maximum atomic E-state index is 2.77. The van der Waals surface area contributed by atoms with Crippen LogP contribution in [0.1, 0.15) is 134 Å². The van der Waals surface area contributed by atoms with E-state index in [1.165, 1.54) is 81.8 Å². The van der Waals surface area contributed by atoms with E-state index < -0.39 is 21.3 Å². The molecule has 0 bridgehead atoms. The zero-order chi connectivity index (χ0) is 28.1. The van der Waals surface area contributed by atoms with Gasteiger partial charge in [-0.15, -0.1) is 0 Å². The molecule has 0 radical (unpaired) electrons. The summed E-state index contributed by atoms with van der Waals surface area (Å²) >= 11 is -2.34. The van der Waals surface area contributed by atoms with Gasteiger partial charge in [-0.3, -0.25) is 0 Å². The summed E-state index contributed by atoms with van der Waals surface area (Å²) in [6, 6.07) is 12.8. The van der Waals surface area contributed by atoms with Crippen LogP contribution in [0.5, 0.6) is 0 Å². The van der Waals surface area contributed by atoms with E-state index >= 15 is 0 Å². The first-order valence-corrected chi connectivity index (χ1v) is 20.2. The molecule has 0 amide bonds. The Morgan fingerprint density at radius 1 is 0.700 bits per heavy atom. The predicted octanol–water partition coefficient (Wildman–Crippen LogP) is 10.3. The fourth-order valence-electron chi connectivity index (χ4n) is 8.11. The third-order valence-electron chi connectivity index (χ3n) is 10.5. The van der Waals surface area contributed by atoms with Crippen molar-refractivity contribution in [3.8, 4) is 11.1 Å². The zero-order valence-electron chi connectivity index (χ0n) is 26.3. The van der Waals surface area contributed by atoms with Crippen molar-refractivity contribution in [3.05, 3.63) is 74.1 Å². The molecule has 2 aromatic carbocycles. The van der Waals surface area contributed by atoms with E-state index in [9.17, 15) is 0 Å². The quantitative estimate of drug-likeness (QED) is 0.275. The van der Waals surface area contributed by atoms with Gasteiger partial charge >= 0.3 is 254 Å². The van der Waals surface area contributed by atoms with Gasteiger partial charge in [0, 0.05) is 0 Å². The minimum absolute atomic E-state index is 0.153. The van der Waals surface area contributed by atoms with Gasteiger partial charge in [-0.2, -0.15) is 0 Å². The molecule has 2 aromatic rings. The second-order valence-electron chi connectivity index (χ2n) is 15.4. The molecule has 212 valence electrons. The van der Waals surface area contributed by atoms with Crippen LogP contribution in [0.25, 0.3) is 11.1 Å². The number of allylic oxidation sites excluding steroid dienone is 4. The van der Waals surface area contributed by atoms with Gasteiger partial charge in [0.2, 0.25) is 0 Å². The van der Waals surface area contributed by atoms with Crippen LogP contribution >= 0.6 is 0 Å². The van der Waals surface area contributed by atoms with E-state index in [4.69, 9.17) is 0 Å². The third-order valence-corrected chi connectivity index (χ3v) is 18.8. The summed E-state index contributed by atoms with van der Waals surface area (Å²) in [5, 5.41) is 0. The van der Waals surface area contributed by atoms with Gasteiger partial charge in [-0.25, -0.2) is 0 Å². The van der Waals surface area contributed by atoms with Crippen LogP contribution in [0, 0.1) is 11.8 Å². The number of hydrogen-bond acceptors (Lipinski definition) is 0. The Morgan fingerprint density at radius 2 is 1.30 bits per heavy atom. The van der Waals surface area contributed by atoms with E-state index in [0.717, 1.165) is 18.3 Å². The molecule has 4 aliphatic carbocycles. The second kappa shape index (κ2) is 11.4. The molecular formula is C39H52Zr. The molecule has 2 saturated carbocycles. The molecule has 0 aromatic heterocycles. The van der Waals surface area contributed by atoms with Crippen molar-refractivity contribution in [3.63, 3.8) is 0 Å². The fraction of sp³-hybridized carbons (Fsp3) is 0.564. The Labute approximate surface area is 252 Å². The first-order valence-electron chi connectivity index (χ1n) is 16.5. The molecule has 0 aliphatic heterocycles. The molecule has 40 heavy (non-hydrogen) atoms. The SMILES string of the molecule is CC(C)(C)c1ccc2c(c1)-c1cc(C(C)(C)C)c[c]([Zr]([C]3=CC=CC3)=[C](C3CCCCC3)C3CCCCC3)c1C2. The first-order chi connectivity index (χ1) is 19.1. The van der Waals surface area contributed by atoms with E-state index in [0.29, 0.717) is 0 Å². The average Bonchev–Trinajstić information content (AvgIpc) is 3.59. The van der Waals surface area contributed by atoms with Gasteiger partial charge in [0.15, 0.2) is 0 Å². The Kier molecular flexibility index (Phi) is 8.20. The molecular weight excluding hydrogens is 560 g/mol. The van der Waals surface area contributed by atoms with E-state index in [1.54, 1.807) is 22.3 Å². The predicted molar refractivity (Wildman–Crippen MR) is 172 cm³/mol. The van der Waals surface area contributed by atoms with E-state index in [2.05, 4.69) is 93.3 Å². The molecule has 0 heterocycles. The van der Waals surface area contributed by atoms with Gasteiger partial charge in [-0.05, 0) is 0 Å². The molecule has 6 rings (SSSR count). The maximum absolute atomic E-state index is 2.77. The summed E-state index contributed by atoms with van der Waals surface area (Å²) < 4.78 is 5.88. The molecule has 0 spiro atoms. The van der Waals surface area contributed by atoms with Crippen molar-refractivity contribution in [1.82, 2.24) is 0 Å². The van der Waals surface area contributed by atoms with Crippen molar-refractivity contribution in [2.45, 2.75) is 129 Å². The third kappa shape index (κ3) is 5.68. The number of rotatable bonds is 4. The van der Waals surface area contributed by atoms with Crippen molar-refractivity contribution in [2.24, 2.45) is 11.8 Å². The van der Waals surface area contributed by atoms with E-state index in [-0.39, 0.29) is 10.8 Å². The van der Waals surface area contributed by atoms with Gasteiger partial charge in [0.25, 0.3) is 0 Å². The Bertz CT molecular complexity index is 1330. The molecule has 0 unspecified atom stereocenters. The minimum atomic E-state index is -2.34. The second-order valence-corrected chi connectivity index (χ2v) is 21.6. The molecule has 1 heteroatoms. The van der Waals surface area contributed by atoms with Gasteiger partial charge in [0.1, 0.15) is 0 Å². The molecule has 0 saturated heterocycles. The molecule has 0 atom stereocenters. The standard InChI is InChI=1S/C21H25.C13H22.C5H5.Zr/c1-20(2,3)16-9-7-14-11-15-8-10-17(21(4,5)6)13-19(15)18(14)12-16;1-3-7-12(8-4-1)11-13-9-5-2-6-10-13;1-2-4-5-3-1;/h7,9-10,12-13H,11H2,1-6H3;12-13H,1-10H2;1-3H,4H2;. The van der Waals surface area contributed by atoms with Crippen molar-refractivity contribution in [2.75, 3.05) is 0 Å². The molecule has 2 fully saturated rings. The summed E-state index contributed by atoms with van der Waals surface area (Å²) in [5.41, 5.74) is 9.76. The molecule has 0 nitrogen and oxygen atoms in total. The van der Waals surface area contributed by atoms with Gasteiger partial charge in [-0.1, -0.05) is 0 Å². The van der Waals surface area contributed by atoms with Crippen molar-refractivity contribution in [1.29, 1.82) is 0 Å². The van der Waals surface area contributed by atoms with Crippen LogP contribution in [0.3, 0.4) is 0 Å². The molecule has 0 N–H and O–H groups in total. The fourth-order valence-corrected chi connectivity index (χ4v) is 17.5. The normalized spacial score (nSPS) is 19.9. The van der Waals surface area contributed by atoms with Crippen LogP contribution < -0.4 is 3.27 Å². The summed E-state index contributed by atoms with van der Waals surface area (Å²) in [4.78, 5) is 0. The van der Waals surface area contributed by atoms with Crippen LogP contribution in [0.4, 0.5) is 0 Å². The van der Waals surface area contributed by atoms with Crippen molar-refractivity contribution < 1.29 is 21.3 Å². The topological polar surface area (TPSA) is 0 Å². The van der Waals surface area contributed by atoms with Crippen LogP contribution in [-0.2, 0) is 38.5 Å². The van der Waals surface area contributed by atoms with Crippen molar-refractivity contribution >= 4 is 6.48 Å². The van der Waals surface area contributed by atoms with Gasteiger partial charge in [0.05, 0.1) is 0 Å². The average molecular weight is 612 g/mol. The van der Waals surface area contributed by atoms with E-state index in [1.807, 2.05) is 6.55 Å². The Hall–Kier alpha value is -1.33. The number of fused-ring (bicyclic) bond motifs is 3. The Morgan fingerprint density at radius 3 is 1.85 bits per heavy atom. The van der Waals surface area contributed by atoms with Crippen LogP contribution in [-0.4, -0.2) is 3.21 Å². The summed E-state index contributed by atoms with van der Waals surface area (Å²) in [5.74, 6) is 1.77. The van der Waals surface area contributed by atoms with Crippen LogP contribution in [0.2, 0.25) is 0 Å². The van der Waals surface area contributed by atoms with Crippen LogP contribution in [0.15, 0.2) is 51.8 Å². The summed E-state index contributed by atoms with van der Waals surface area (Å²) in [6.45, 7) is 14.4. The number of hydrogen-bond donors (Lipinski definition) is 0. The monoisotopic (exact) mass is 610 g/mol. The summed E-state index contributed by atoms with van der Waals surface area (Å²) in [6.07, 6.45) is 24.4. The first kappa shape index (κ1) is 28.8. The van der Waals surface area contributed by atoms with Gasteiger partial charge < -0.3 is 0 Å². The molecule has 4 aliphatic rings. The summed E-state index contributed by atoms with van der Waals surface area (Å²) in [7, 11) is 0. The number of benzene rings is 2. The zero-order valence-corrected chi connectivity index (χ0v) is 28.7. The Balaban J connectivity index is 1.63.